The number of anilines is 2. The summed E-state index contributed by atoms with van der Waals surface area (Å²) in [4.78, 5) is 25.4. The lowest BCUT2D eigenvalue weighted by molar-refractivity contribution is -0.117. The molecule has 6 nitrogen and oxygen atoms in total. The summed E-state index contributed by atoms with van der Waals surface area (Å²) in [5.41, 5.74) is 2.65. The van der Waals surface area contributed by atoms with E-state index in [0.717, 1.165) is 5.56 Å². The molecule has 152 valence electrons. The Morgan fingerprint density at radius 1 is 0.867 bits per heavy atom. The molecular formula is C24H22N2O4. The van der Waals surface area contributed by atoms with Crippen LogP contribution in [0.5, 0.6) is 11.5 Å². The molecule has 2 N–H and O–H groups in total. The number of benzene rings is 3. The molecule has 0 aromatic heterocycles. The van der Waals surface area contributed by atoms with Gasteiger partial charge >= 0.3 is 0 Å². The molecule has 0 aliphatic carbocycles. The summed E-state index contributed by atoms with van der Waals surface area (Å²) in [6.45, 7) is 2.14. The summed E-state index contributed by atoms with van der Waals surface area (Å²) in [7, 11) is 0. The van der Waals surface area contributed by atoms with E-state index in [4.69, 9.17) is 9.47 Å². The fourth-order valence-corrected chi connectivity index (χ4v) is 3.40. The quantitative estimate of drug-likeness (QED) is 0.621. The van der Waals surface area contributed by atoms with Crippen LogP contribution in [0.25, 0.3) is 0 Å². The lowest BCUT2D eigenvalue weighted by Gasteiger charge is -2.16. The standard InChI is InChI=1S/C24H22N2O4/c1-2-20(16-7-4-3-5-8-16)24(28)26-19-10-6-9-18(14-19)25-23(27)17-11-12-21-22(13-17)30-15-29-21/h3-14,20H,2,15H2,1H3,(H,25,27)(H,26,28). The van der Waals surface area contributed by atoms with Gasteiger partial charge in [0.05, 0.1) is 5.92 Å². The third kappa shape index (κ3) is 4.27. The molecule has 3 aromatic rings. The number of nitrogens with one attached hydrogen (secondary N) is 2. The Balaban J connectivity index is 1.45. The van der Waals surface area contributed by atoms with Crippen molar-refractivity contribution in [1.29, 1.82) is 0 Å². The first-order chi connectivity index (χ1) is 14.6. The van der Waals surface area contributed by atoms with Crippen LogP contribution in [0.2, 0.25) is 0 Å². The highest BCUT2D eigenvalue weighted by atomic mass is 16.7. The van der Waals surface area contributed by atoms with E-state index in [9.17, 15) is 9.59 Å². The summed E-state index contributed by atoms with van der Waals surface area (Å²) in [5, 5.41) is 5.80. The lowest BCUT2D eigenvalue weighted by atomic mass is 9.95. The van der Waals surface area contributed by atoms with Crippen molar-refractivity contribution < 1.29 is 19.1 Å². The minimum atomic E-state index is -0.271. The molecule has 6 heteroatoms. The molecule has 0 bridgehead atoms. The molecule has 0 saturated carbocycles. The minimum absolute atomic E-state index is 0.0806. The Kier molecular flexibility index (Phi) is 5.66. The fourth-order valence-electron chi connectivity index (χ4n) is 3.40. The largest absolute Gasteiger partial charge is 0.454 e. The number of fused-ring (bicyclic) bond motifs is 1. The van der Waals surface area contributed by atoms with E-state index >= 15 is 0 Å². The molecule has 3 aromatic carbocycles. The molecule has 1 aliphatic rings. The summed E-state index contributed by atoms with van der Waals surface area (Å²) >= 11 is 0. The third-order valence-corrected chi connectivity index (χ3v) is 4.95. The number of hydrogen-bond donors (Lipinski definition) is 2. The van der Waals surface area contributed by atoms with E-state index in [1.807, 2.05) is 37.3 Å². The number of rotatable bonds is 6. The van der Waals surface area contributed by atoms with Gasteiger partial charge < -0.3 is 20.1 Å². The van der Waals surface area contributed by atoms with Crippen LogP contribution in [0, 0.1) is 0 Å². The van der Waals surface area contributed by atoms with Gasteiger partial charge in [0.15, 0.2) is 11.5 Å². The van der Waals surface area contributed by atoms with Crippen molar-refractivity contribution in [3.8, 4) is 11.5 Å². The van der Waals surface area contributed by atoms with E-state index in [1.54, 1.807) is 42.5 Å². The maximum absolute atomic E-state index is 12.8. The number of carbonyl (C=O) groups is 2. The van der Waals surface area contributed by atoms with E-state index in [2.05, 4.69) is 10.6 Å². The average molecular weight is 402 g/mol. The predicted octanol–water partition coefficient (Wildman–Crippen LogP) is 4.80. The second-order valence-corrected chi connectivity index (χ2v) is 6.96. The van der Waals surface area contributed by atoms with Gasteiger partial charge in [-0.15, -0.1) is 0 Å². The third-order valence-electron chi connectivity index (χ3n) is 4.95. The Hall–Kier alpha value is -3.80. The Labute approximate surface area is 174 Å². The average Bonchev–Trinajstić information content (AvgIpc) is 3.23. The first-order valence-corrected chi connectivity index (χ1v) is 9.81. The van der Waals surface area contributed by atoms with Crippen LogP contribution in [0.3, 0.4) is 0 Å². The summed E-state index contributed by atoms with van der Waals surface area (Å²) in [5.74, 6) is 0.587. The molecule has 30 heavy (non-hydrogen) atoms. The Morgan fingerprint density at radius 2 is 1.60 bits per heavy atom. The van der Waals surface area contributed by atoms with Crippen LogP contribution in [-0.4, -0.2) is 18.6 Å². The molecule has 0 fully saturated rings. The van der Waals surface area contributed by atoms with Crippen molar-refractivity contribution in [3.05, 3.63) is 83.9 Å². The van der Waals surface area contributed by atoms with E-state index < -0.39 is 0 Å². The van der Waals surface area contributed by atoms with Crippen molar-refractivity contribution in [1.82, 2.24) is 0 Å². The second kappa shape index (κ2) is 8.69. The van der Waals surface area contributed by atoms with Crippen molar-refractivity contribution in [3.63, 3.8) is 0 Å². The van der Waals surface area contributed by atoms with Gasteiger partial charge in [0.25, 0.3) is 5.91 Å². The molecule has 1 aliphatic heterocycles. The number of amides is 2. The Morgan fingerprint density at radius 3 is 2.37 bits per heavy atom. The number of ether oxygens (including phenoxy) is 2. The monoisotopic (exact) mass is 402 g/mol. The van der Waals surface area contributed by atoms with Crippen molar-refractivity contribution >= 4 is 23.2 Å². The van der Waals surface area contributed by atoms with Crippen LogP contribution in [-0.2, 0) is 4.79 Å². The smallest absolute Gasteiger partial charge is 0.255 e. The maximum atomic E-state index is 12.8. The highest BCUT2D eigenvalue weighted by Crippen LogP contribution is 2.32. The van der Waals surface area contributed by atoms with Crippen molar-refractivity contribution in [2.24, 2.45) is 0 Å². The maximum Gasteiger partial charge on any atom is 0.255 e. The number of carbonyl (C=O) groups excluding carboxylic acids is 2. The van der Waals surface area contributed by atoms with Gasteiger partial charge in [0, 0.05) is 16.9 Å². The Bertz CT molecular complexity index is 1070. The highest BCUT2D eigenvalue weighted by molar-refractivity contribution is 6.05. The first-order valence-electron chi connectivity index (χ1n) is 9.81. The van der Waals surface area contributed by atoms with Gasteiger partial charge in [-0.2, -0.15) is 0 Å². The zero-order chi connectivity index (χ0) is 20.9. The topological polar surface area (TPSA) is 76.7 Å². The van der Waals surface area contributed by atoms with Crippen molar-refractivity contribution in [2.45, 2.75) is 19.3 Å². The van der Waals surface area contributed by atoms with Gasteiger partial charge in [0.1, 0.15) is 0 Å². The van der Waals surface area contributed by atoms with Gasteiger partial charge in [0.2, 0.25) is 12.7 Å². The predicted molar refractivity (Wildman–Crippen MR) is 115 cm³/mol. The molecule has 4 rings (SSSR count). The summed E-state index contributed by atoms with van der Waals surface area (Å²) in [6, 6.07) is 21.8. The van der Waals surface area contributed by atoms with Gasteiger partial charge in [-0.05, 0) is 48.4 Å². The van der Waals surface area contributed by atoms with Crippen LogP contribution in [0.1, 0.15) is 35.2 Å². The van der Waals surface area contributed by atoms with Crippen LogP contribution in [0.15, 0.2) is 72.8 Å². The second-order valence-electron chi connectivity index (χ2n) is 6.96. The zero-order valence-corrected chi connectivity index (χ0v) is 16.6. The van der Waals surface area contributed by atoms with Gasteiger partial charge in [-0.25, -0.2) is 0 Å². The van der Waals surface area contributed by atoms with E-state index in [-0.39, 0.29) is 24.5 Å². The molecule has 1 unspecified atom stereocenters. The molecule has 2 amide bonds. The van der Waals surface area contributed by atoms with E-state index in [1.165, 1.54) is 0 Å². The zero-order valence-electron chi connectivity index (χ0n) is 16.6. The summed E-state index contributed by atoms with van der Waals surface area (Å²) in [6.07, 6.45) is 0.691. The van der Waals surface area contributed by atoms with Gasteiger partial charge in [-0.3, -0.25) is 9.59 Å². The molecule has 1 atom stereocenters. The van der Waals surface area contributed by atoms with Crippen LogP contribution >= 0.6 is 0 Å². The van der Waals surface area contributed by atoms with Crippen molar-refractivity contribution in [2.75, 3.05) is 17.4 Å². The van der Waals surface area contributed by atoms with Crippen LogP contribution < -0.4 is 20.1 Å². The van der Waals surface area contributed by atoms with Gasteiger partial charge in [-0.1, -0.05) is 43.3 Å². The molecule has 0 radical (unpaired) electrons. The highest BCUT2D eigenvalue weighted by Gasteiger charge is 2.19. The van der Waals surface area contributed by atoms with E-state index in [0.29, 0.717) is 34.9 Å². The minimum Gasteiger partial charge on any atom is -0.454 e. The molecule has 0 spiro atoms. The SMILES string of the molecule is CCC(C(=O)Nc1cccc(NC(=O)c2ccc3c(c2)OCO3)c1)c1ccccc1. The van der Waals surface area contributed by atoms with Crippen LogP contribution in [0.4, 0.5) is 11.4 Å². The molecule has 0 saturated heterocycles. The first kappa shape index (κ1) is 19.5. The molecular weight excluding hydrogens is 380 g/mol. The normalized spacial score (nSPS) is 12.8. The fraction of sp³-hybridized carbons (Fsp3) is 0.167. The lowest BCUT2D eigenvalue weighted by Crippen LogP contribution is -2.20. The number of hydrogen-bond acceptors (Lipinski definition) is 4. The molecule has 1 heterocycles. The summed E-state index contributed by atoms with van der Waals surface area (Å²) < 4.78 is 10.6.